The lowest BCUT2D eigenvalue weighted by Crippen LogP contribution is -2.06. The molecule has 0 aliphatic carbocycles. The van der Waals surface area contributed by atoms with E-state index >= 15 is 0 Å². The SMILES string of the molecule is Cc1nc(Cn2c(N)nc3cc(F)c(C)cc32)no1. The van der Waals surface area contributed by atoms with Gasteiger partial charge in [0.1, 0.15) is 5.82 Å². The van der Waals surface area contributed by atoms with Crippen LogP contribution < -0.4 is 5.73 Å². The second kappa shape index (κ2) is 4.04. The maximum atomic E-state index is 13.5. The molecule has 0 saturated carbocycles. The van der Waals surface area contributed by atoms with Crippen molar-refractivity contribution in [2.45, 2.75) is 20.4 Å². The van der Waals surface area contributed by atoms with Crippen LogP contribution >= 0.6 is 0 Å². The van der Waals surface area contributed by atoms with Crippen molar-refractivity contribution in [1.82, 2.24) is 19.7 Å². The predicted octanol–water partition coefficient (Wildman–Crippen LogP) is 1.81. The third-order valence-electron chi connectivity index (χ3n) is 2.93. The molecule has 6 nitrogen and oxygen atoms in total. The molecule has 0 fully saturated rings. The Morgan fingerprint density at radius 2 is 2.11 bits per heavy atom. The first kappa shape index (κ1) is 11.6. The van der Waals surface area contributed by atoms with Crippen molar-refractivity contribution in [2.24, 2.45) is 0 Å². The van der Waals surface area contributed by atoms with Crippen LogP contribution in [0.3, 0.4) is 0 Å². The molecule has 1 aromatic carbocycles. The second-order valence-corrected chi connectivity index (χ2v) is 4.38. The Hall–Kier alpha value is -2.44. The molecule has 0 radical (unpaired) electrons. The Morgan fingerprint density at radius 3 is 2.79 bits per heavy atom. The lowest BCUT2D eigenvalue weighted by Gasteiger charge is -2.03. The molecular weight excluding hydrogens is 249 g/mol. The monoisotopic (exact) mass is 261 g/mol. The molecule has 0 atom stereocenters. The third kappa shape index (κ3) is 1.92. The number of nitrogens with two attached hydrogens (primary N) is 1. The van der Waals surface area contributed by atoms with Gasteiger partial charge in [-0.15, -0.1) is 0 Å². The number of aryl methyl sites for hydroxylation is 2. The minimum absolute atomic E-state index is 0.294. The molecule has 0 aliphatic heterocycles. The number of benzene rings is 1. The van der Waals surface area contributed by atoms with Crippen molar-refractivity contribution in [3.05, 3.63) is 35.2 Å². The highest BCUT2D eigenvalue weighted by Gasteiger charge is 2.13. The molecule has 2 aromatic heterocycles. The van der Waals surface area contributed by atoms with E-state index in [1.165, 1.54) is 6.07 Å². The average molecular weight is 261 g/mol. The van der Waals surface area contributed by atoms with Crippen LogP contribution in [0.15, 0.2) is 16.7 Å². The van der Waals surface area contributed by atoms with Crippen molar-refractivity contribution >= 4 is 17.0 Å². The minimum Gasteiger partial charge on any atom is -0.369 e. The summed E-state index contributed by atoms with van der Waals surface area (Å²) in [5.41, 5.74) is 7.65. The van der Waals surface area contributed by atoms with E-state index in [4.69, 9.17) is 10.3 Å². The van der Waals surface area contributed by atoms with Gasteiger partial charge in [0, 0.05) is 13.0 Å². The van der Waals surface area contributed by atoms with Crippen LogP contribution in [-0.2, 0) is 6.54 Å². The van der Waals surface area contributed by atoms with Crippen LogP contribution in [0.25, 0.3) is 11.0 Å². The number of aromatic nitrogens is 4. The van der Waals surface area contributed by atoms with Crippen molar-refractivity contribution in [1.29, 1.82) is 0 Å². The fraction of sp³-hybridized carbons (Fsp3) is 0.250. The number of hydrogen-bond donors (Lipinski definition) is 1. The molecule has 3 rings (SSSR count). The van der Waals surface area contributed by atoms with Crippen LogP contribution in [0, 0.1) is 19.7 Å². The van der Waals surface area contributed by atoms with Gasteiger partial charge >= 0.3 is 0 Å². The lowest BCUT2D eigenvalue weighted by molar-refractivity contribution is 0.386. The molecule has 0 spiro atoms. The van der Waals surface area contributed by atoms with Crippen LogP contribution in [0.1, 0.15) is 17.3 Å². The van der Waals surface area contributed by atoms with Gasteiger partial charge in [0.2, 0.25) is 11.8 Å². The second-order valence-electron chi connectivity index (χ2n) is 4.38. The van der Waals surface area contributed by atoms with Gasteiger partial charge in [-0.3, -0.25) is 0 Å². The largest absolute Gasteiger partial charge is 0.369 e. The number of rotatable bonds is 2. The van der Waals surface area contributed by atoms with Gasteiger partial charge in [-0.25, -0.2) is 9.37 Å². The molecule has 19 heavy (non-hydrogen) atoms. The summed E-state index contributed by atoms with van der Waals surface area (Å²) in [5, 5.41) is 3.81. The Labute approximate surface area is 108 Å². The molecular formula is C12H12FN5O. The maximum Gasteiger partial charge on any atom is 0.223 e. The molecule has 2 N–H and O–H groups in total. The van der Waals surface area contributed by atoms with E-state index in [2.05, 4.69) is 15.1 Å². The first-order chi connectivity index (χ1) is 9.04. The van der Waals surface area contributed by atoms with E-state index < -0.39 is 0 Å². The summed E-state index contributed by atoms with van der Waals surface area (Å²) in [6.45, 7) is 3.75. The summed E-state index contributed by atoms with van der Waals surface area (Å²) in [4.78, 5) is 8.25. The average Bonchev–Trinajstić information content (AvgIpc) is 2.87. The topological polar surface area (TPSA) is 82.8 Å². The first-order valence-corrected chi connectivity index (χ1v) is 5.75. The van der Waals surface area contributed by atoms with E-state index in [1.807, 2.05) is 0 Å². The standard InChI is InChI=1S/C12H12FN5O/c1-6-3-10-9(4-8(6)13)16-12(14)18(10)5-11-15-7(2)19-17-11/h3-4H,5H2,1-2H3,(H2,14,16). The highest BCUT2D eigenvalue weighted by Crippen LogP contribution is 2.22. The molecule has 0 aliphatic rings. The number of nitrogens with zero attached hydrogens (tertiary/aromatic N) is 4. The predicted molar refractivity (Wildman–Crippen MR) is 67.0 cm³/mol. The highest BCUT2D eigenvalue weighted by molar-refractivity contribution is 5.79. The molecule has 7 heteroatoms. The van der Waals surface area contributed by atoms with E-state index in [-0.39, 0.29) is 5.82 Å². The summed E-state index contributed by atoms with van der Waals surface area (Å²) in [6.07, 6.45) is 0. The molecule has 98 valence electrons. The molecule has 0 amide bonds. The van der Waals surface area contributed by atoms with Gasteiger partial charge in [0.25, 0.3) is 0 Å². The third-order valence-corrected chi connectivity index (χ3v) is 2.93. The van der Waals surface area contributed by atoms with E-state index in [0.29, 0.717) is 35.3 Å². The summed E-state index contributed by atoms with van der Waals surface area (Å²) >= 11 is 0. The molecule has 0 bridgehead atoms. The van der Waals surface area contributed by atoms with Crippen molar-refractivity contribution < 1.29 is 8.91 Å². The summed E-state index contributed by atoms with van der Waals surface area (Å²) in [5.74, 6) is 0.987. The number of halogens is 1. The molecule has 0 unspecified atom stereocenters. The van der Waals surface area contributed by atoms with Crippen LogP contribution in [0.4, 0.5) is 10.3 Å². The lowest BCUT2D eigenvalue weighted by atomic mass is 10.2. The first-order valence-electron chi connectivity index (χ1n) is 5.75. The van der Waals surface area contributed by atoms with Gasteiger partial charge in [-0.1, -0.05) is 5.16 Å². The Morgan fingerprint density at radius 1 is 1.32 bits per heavy atom. The highest BCUT2D eigenvalue weighted by atomic mass is 19.1. The zero-order valence-electron chi connectivity index (χ0n) is 10.5. The Balaban J connectivity index is 2.12. The Kier molecular flexibility index (Phi) is 2.48. The molecule has 0 saturated heterocycles. The fourth-order valence-corrected chi connectivity index (χ4v) is 1.98. The van der Waals surface area contributed by atoms with Crippen LogP contribution in [0.5, 0.6) is 0 Å². The van der Waals surface area contributed by atoms with E-state index in [1.54, 1.807) is 24.5 Å². The number of hydrogen-bond acceptors (Lipinski definition) is 5. The smallest absolute Gasteiger partial charge is 0.223 e. The van der Waals surface area contributed by atoms with E-state index in [0.717, 1.165) is 5.52 Å². The zero-order valence-corrected chi connectivity index (χ0v) is 10.5. The quantitative estimate of drug-likeness (QED) is 0.760. The zero-order chi connectivity index (χ0) is 13.6. The van der Waals surface area contributed by atoms with Gasteiger partial charge in [0.05, 0.1) is 17.6 Å². The van der Waals surface area contributed by atoms with Gasteiger partial charge in [-0.05, 0) is 18.6 Å². The number of nitrogen functional groups attached to an aromatic ring is 1. The maximum absolute atomic E-state index is 13.5. The summed E-state index contributed by atoms with van der Waals surface area (Å²) < 4.78 is 20.1. The summed E-state index contributed by atoms with van der Waals surface area (Å²) in [7, 11) is 0. The fourth-order valence-electron chi connectivity index (χ4n) is 1.98. The normalized spacial score (nSPS) is 11.3. The minimum atomic E-state index is -0.299. The molecule has 3 aromatic rings. The van der Waals surface area contributed by atoms with Crippen molar-refractivity contribution in [2.75, 3.05) is 5.73 Å². The van der Waals surface area contributed by atoms with Crippen molar-refractivity contribution in [3.8, 4) is 0 Å². The van der Waals surface area contributed by atoms with Gasteiger partial charge in [0.15, 0.2) is 5.82 Å². The number of imidazole rings is 1. The number of fused-ring (bicyclic) bond motifs is 1. The van der Waals surface area contributed by atoms with Crippen molar-refractivity contribution in [3.63, 3.8) is 0 Å². The Bertz CT molecular complexity index is 761. The van der Waals surface area contributed by atoms with Gasteiger partial charge < -0.3 is 14.8 Å². The number of anilines is 1. The van der Waals surface area contributed by atoms with Crippen LogP contribution in [0.2, 0.25) is 0 Å². The van der Waals surface area contributed by atoms with Gasteiger partial charge in [-0.2, -0.15) is 4.98 Å². The summed E-state index contributed by atoms with van der Waals surface area (Å²) in [6, 6.07) is 3.08. The molecule has 2 heterocycles. The van der Waals surface area contributed by atoms with E-state index in [9.17, 15) is 4.39 Å². The van der Waals surface area contributed by atoms with Crippen LogP contribution in [-0.4, -0.2) is 19.7 Å².